The summed E-state index contributed by atoms with van der Waals surface area (Å²) in [7, 11) is -2.07. The van der Waals surface area contributed by atoms with Gasteiger partial charge in [0, 0.05) is 19.7 Å². The van der Waals surface area contributed by atoms with Gasteiger partial charge in [-0.25, -0.2) is 12.7 Å². The summed E-state index contributed by atoms with van der Waals surface area (Å²) in [5.74, 6) is -0.400. The number of ether oxygens (including phenoxy) is 2. The highest BCUT2D eigenvalue weighted by Crippen LogP contribution is 2.16. The van der Waals surface area contributed by atoms with Gasteiger partial charge in [-0.05, 0) is 12.8 Å². The normalized spacial score (nSPS) is 20.3. The molecule has 0 aliphatic carbocycles. The number of methoxy groups -OCH3 is 1. The molecular formula is C11H21NO5S. The SMILES string of the molecule is CCN(CCC(=O)OC)S(=O)(=O)CC1CCCO1. The van der Waals surface area contributed by atoms with Crippen LogP contribution >= 0.6 is 0 Å². The molecule has 0 aromatic carbocycles. The van der Waals surface area contributed by atoms with Gasteiger partial charge in [-0.15, -0.1) is 0 Å². The first-order valence-electron chi connectivity index (χ1n) is 6.16. The Bertz CT molecular complexity index is 362. The summed E-state index contributed by atoms with van der Waals surface area (Å²) >= 11 is 0. The third-order valence-corrected chi connectivity index (χ3v) is 4.98. The van der Waals surface area contributed by atoms with Crippen LogP contribution in [-0.2, 0) is 24.3 Å². The van der Waals surface area contributed by atoms with Crippen LogP contribution in [0.15, 0.2) is 0 Å². The molecule has 1 rings (SSSR count). The van der Waals surface area contributed by atoms with Gasteiger partial charge in [0.25, 0.3) is 0 Å². The second-order valence-electron chi connectivity index (χ2n) is 4.23. The van der Waals surface area contributed by atoms with Crippen LogP contribution in [0.2, 0.25) is 0 Å². The minimum Gasteiger partial charge on any atom is -0.469 e. The predicted octanol–water partition coefficient (Wildman–Crippen LogP) is 0.380. The van der Waals surface area contributed by atoms with E-state index in [1.165, 1.54) is 11.4 Å². The summed E-state index contributed by atoms with van der Waals surface area (Å²) in [5, 5.41) is 0. The van der Waals surface area contributed by atoms with E-state index >= 15 is 0 Å². The van der Waals surface area contributed by atoms with E-state index < -0.39 is 16.0 Å². The highest BCUT2D eigenvalue weighted by Gasteiger charge is 2.28. The van der Waals surface area contributed by atoms with Crippen LogP contribution in [-0.4, -0.2) is 57.4 Å². The van der Waals surface area contributed by atoms with Crippen LogP contribution in [0.25, 0.3) is 0 Å². The van der Waals surface area contributed by atoms with Gasteiger partial charge in [0.15, 0.2) is 0 Å². The third kappa shape index (κ3) is 4.55. The van der Waals surface area contributed by atoms with Gasteiger partial charge in [-0.1, -0.05) is 6.92 Å². The van der Waals surface area contributed by atoms with Crippen LogP contribution in [0.4, 0.5) is 0 Å². The van der Waals surface area contributed by atoms with Crippen molar-refractivity contribution >= 4 is 16.0 Å². The smallest absolute Gasteiger partial charge is 0.306 e. The van der Waals surface area contributed by atoms with Crippen molar-refractivity contribution in [2.24, 2.45) is 0 Å². The van der Waals surface area contributed by atoms with Gasteiger partial charge in [0.1, 0.15) is 0 Å². The number of hydrogen-bond donors (Lipinski definition) is 0. The lowest BCUT2D eigenvalue weighted by Crippen LogP contribution is -2.38. The van der Waals surface area contributed by atoms with Crippen LogP contribution in [0.5, 0.6) is 0 Å². The lowest BCUT2D eigenvalue weighted by molar-refractivity contribution is -0.140. The van der Waals surface area contributed by atoms with Crippen molar-refractivity contribution in [2.75, 3.05) is 32.6 Å². The van der Waals surface area contributed by atoms with E-state index in [0.717, 1.165) is 12.8 Å². The monoisotopic (exact) mass is 279 g/mol. The molecule has 0 N–H and O–H groups in total. The van der Waals surface area contributed by atoms with Crippen molar-refractivity contribution < 1.29 is 22.7 Å². The van der Waals surface area contributed by atoms with Gasteiger partial charge in [0.2, 0.25) is 10.0 Å². The molecule has 1 aliphatic heterocycles. The summed E-state index contributed by atoms with van der Waals surface area (Å²) < 4.78 is 35.4. The molecular weight excluding hydrogens is 258 g/mol. The van der Waals surface area contributed by atoms with E-state index in [0.29, 0.717) is 13.2 Å². The zero-order chi connectivity index (χ0) is 13.6. The fourth-order valence-corrected chi connectivity index (χ4v) is 3.63. The molecule has 0 spiro atoms. The van der Waals surface area contributed by atoms with E-state index in [1.807, 2.05) is 0 Å². The van der Waals surface area contributed by atoms with Crippen LogP contribution in [0.3, 0.4) is 0 Å². The zero-order valence-electron chi connectivity index (χ0n) is 10.9. The van der Waals surface area contributed by atoms with Crippen molar-refractivity contribution in [3.05, 3.63) is 0 Å². The standard InChI is InChI=1S/C11H21NO5S/c1-3-12(7-6-11(13)16-2)18(14,15)9-10-5-4-8-17-10/h10H,3-9H2,1-2H3. The number of nitrogens with zero attached hydrogens (tertiary/aromatic N) is 1. The predicted molar refractivity (Wildman–Crippen MR) is 66.6 cm³/mol. The zero-order valence-corrected chi connectivity index (χ0v) is 11.7. The minimum atomic E-state index is -3.36. The number of rotatable bonds is 7. The molecule has 7 heteroatoms. The molecule has 0 bridgehead atoms. The first kappa shape index (κ1) is 15.4. The summed E-state index contributed by atoms with van der Waals surface area (Å²) in [6.45, 7) is 2.91. The molecule has 1 saturated heterocycles. The molecule has 1 atom stereocenters. The lowest BCUT2D eigenvalue weighted by Gasteiger charge is -2.21. The Labute approximate surface area is 108 Å². The van der Waals surface area contributed by atoms with E-state index in [4.69, 9.17) is 4.74 Å². The van der Waals surface area contributed by atoms with Crippen LogP contribution in [0, 0.1) is 0 Å². The van der Waals surface area contributed by atoms with Crippen LogP contribution < -0.4 is 0 Å². The van der Waals surface area contributed by atoms with Crippen molar-refractivity contribution in [1.82, 2.24) is 4.31 Å². The third-order valence-electron chi connectivity index (χ3n) is 2.96. The Hall–Kier alpha value is -0.660. The molecule has 1 fully saturated rings. The van der Waals surface area contributed by atoms with Crippen molar-refractivity contribution in [3.8, 4) is 0 Å². The van der Waals surface area contributed by atoms with Crippen molar-refractivity contribution in [2.45, 2.75) is 32.3 Å². The summed E-state index contributed by atoms with van der Waals surface area (Å²) in [6, 6.07) is 0. The Kier molecular flexibility index (Phi) is 6.04. The topological polar surface area (TPSA) is 72.9 Å². The number of esters is 1. The first-order valence-corrected chi connectivity index (χ1v) is 7.76. The average Bonchev–Trinajstić information content (AvgIpc) is 2.81. The Balaban J connectivity index is 2.52. The maximum atomic E-state index is 12.1. The molecule has 6 nitrogen and oxygen atoms in total. The number of carbonyl (C=O) groups excluding carboxylic acids is 1. The van der Waals surface area contributed by atoms with Gasteiger partial charge >= 0.3 is 5.97 Å². The van der Waals surface area contributed by atoms with E-state index in [-0.39, 0.29) is 24.8 Å². The molecule has 106 valence electrons. The molecule has 0 aromatic heterocycles. The Morgan fingerprint density at radius 1 is 1.50 bits per heavy atom. The van der Waals surface area contributed by atoms with Gasteiger partial charge in [0.05, 0.1) is 25.4 Å². The molecule has 0 radical (unpaired) electrons. The minimum absolute atomic E-state index is 0.00200. The van der Waals surface area contributed by atoms with E-state index in [2.05, 4.69) is 4.74 Å². The van der Waals surface area contributed by atoms with E-state index in [9.17, 15) is 13.2 Å². The summed E-state index contributed by atoms with van der Waals surface area (Å²) in [5.41, 5.74) is 0. The number of sulfonamides is 1. The van der Waals surface area contributed by atoms with Crippen molar-refractivity contribution in [3.63, 3.8) is 0 Å². The molecule has 18 heavy (non-hydrogen) atoms. The number of carbonyl (C=O) groups is 1. The average molecular weight is 279 g/mol. The van der Waals surface area contributed by atoms with Crippen LogP contribution in [0.1, 0.15) is 26.2 Å². The van der Waals surface area contributed by atoms with E-state index in [1.54, 1.807) is 6.92 Å². The maximum Gasteiger partial charge on any atom is 0.306 e. The number of hydrogen-bond acceptors (Lipinski definition) is 5. The molecule has 0 aromatic rings. The molecule has 0 amide bonds. The summed E-state index contributed by atoms with van der Waals surface area (Å²) in [4.78, 5) is 11.0. The summed E-state index contributed by atoms with van der Waals surface area (Å²) in [6.07, 6.45) is 1.57. The molecule has 1 aliphatic rings. The molecule has 0 saturated carbocycles. The fraction of sp³-hybridized carbons (Fsp3) is 0.909. The second-order valence-corrected chi connectivity index (χ2v) is 6.24. The van der Waals surface area contributed by atoms with Crippen molar-refractivity contribution in [1.29, 1.82) is 0 Å². The Morgan fingerprint density at radius 3 is 2.72 bits per heavy atom. The van der Waals surface area contributed by atoms with Gasteiger partial charge in [-0.3, -0.25) is 4.79 Å². The maximum absolute atomic E-state index is 12.1. The lowest BCUT2D eigenvalue weighted by atomic mass is 10.3. The largest absolute Gasteiger partial charge is 0.469 e. The highest BCUT2D eigenvalue weighted by atomic mass is 32.2. The molecule has 1 heterocycles. The van der Waals surface area contributed by atoms with Gasteiger partial charge < -0.3 is 9.47 Å². The highest BCUT2D eigenvalue weighted by molar-refractivity contribution is 7.89. The first-order chi connectivity index (χ1) is 8.49. The molecule has 1 unspecified atom stereocenters. The Morgan fingerprint density at radius 2 is 2.22 bits per heavy atom. The second kappa shape index (κ2) is 7.06. The quantitative estimate of drug-likeness (QED) is 0.630. The fourth-order valence-electron chi connectivity index (χ4n) is 1.93. The van der Waals surface area contributed by atoms with Gasteiger partial charge in [-0.2, -0.15) is 0 Å².